The van der Waals surface area contributed by atoms with E-state index in [2.05, 4.69) is 17.6 Å². The highest BCUT2D eigenvalue weighted by Crippen LogP contribution is 2.33. The first-order valence-electron chi connectivity index (χ1n) is 11.1. The topological polar surface area (TPSA) is 68.0 Å². The van der Waals surface area contributed by atoms with Crippen molar-refractivity contribution < 1.29 is 9.53 Å². The molecule has 5 rings (SSSR count). The third-order valence-corrected chi connectivity index (χ3v) is 6.89. The van der Waals surface area contributed by atoms with Gasteiger partial charge in [-0.15, -0.1) is 11.3 Å². The quantitative estimate of drug-likeness (QED) is 0.568. The van der Waals surface area contributed by atoms with Crippen LogP contribution in [0.1, 0.15) is 39.0 Å². The normalized spacial score (nSPS) is 18.7. The molecule has 1 saturated carbocycles. The monoisotopic (exact) mass is 446 g/mol. The van der Waals surface area contributed by atoms with Gasteiger partial charge in [0.25, 0.3) is 5.91 Å². The molecule has 3 aromatic rings. The molecule has 0 bridgehead atoms. The third kappa shape index (κ3) is 4.39. The van der Waals surface area contributed by atoms with Crippen molar-refractivity contribution >= 4 is 34.3 Å². The molecule has 2 aliphatic rings. The number of hydrogen-bond donors (Lipinski definition) is 1. The van der Waals surface area contributed by atoms with Crippen LogP contribution in [0.15, 0.2) is 64.0 Å². The molecule has 1 fully saturated rings. The molecule has 0 saturated heterocycles. The third-order valence-electron chi connectivity index (χ3n) is 6.08. The van der Waals surface area contributed by atoms with Gasteiger partial charge in [-0.2, -0.15) is 5.10 Å². The van der Waals surface area contributed by atoms with Gasteiger partial charge in [0.05, 0.1) is 17.1 Å². The SMILES string of the molecule is CCC1CCC(=Nn2c(-c3ccc4c(c3)NC(=O)CO4)csc2=Nc2ccccc2)CC1. The summed E-state index contributed by atoms with van der Waals surface area (Å²) >= 11 is 1.57. The van der Waals surface area contributed by atoms with Crippen molar-refractivity contribution in [2.24, 2.45) is 16.0 Å². The number of rotatable bonds is 4. The summed E-state index contributed by atoms with van der Waals surface area (Å²) in [6.45, 7) is 2.32. The summed E-state index contributed by atoms with van der Waals surface area (Å²) in [4.78, 5) is 17.5. The van der Waals surface area contributed by atoms with E-state index in [0.717, 1.165) is 40.5 Å². The molecule has 1 N–H and O–H groups in total. The van der Waals surface area contributed by atoms with Gasteiger partial charge in [0.2, 0.25) is 4.80 Å². The van der Waals surface area contributed by atoms with Crippen LogP contribution in [0.25, 0.3) is 11.3 Å². The van der Waals surface area contributed by atoms with Crippen molar-refractivity contribution in [3.05, 3.63) is 58.7 Å². The van der Waals surface area contributed by atoms with Crippen LogP contribution in [0.4, 0.5) is 11.4 Å². The number of anilines is 1. The maximum atomic E-state index is 11.8. The first-order chi connectivity index (χ1) is 15.7. The highest BCUT2D eigenvalue weighted by molar-refractivity contribution is 7.07. The van der Waals surface area contributed by atoms with E-state index in [4.69, 9.17) is 14.8 Å². The molecule has 7 heteroatoms. The van der Waals surface area contributed by atoms with Crippen LogP contribution in [-0.2, 0) is 4.79 Å². The Labute approximate surface area is 191 Å². The fraction of sp³-hybridized carbons (Fsp3) is 0.320. The molecule has 0 atom stereocenters. The van der Waals surface area contributed by atoms with Crippen molar-refractivity contribution in [2.45, 2.75) is 39.0 Å². The second-order valence-corrected chi connectivity index (χ2v) is 9.06. The van der Waals surface area contributed by atoms with Gasteiger partial charge in [0.1, 0.15) is 5.75 Å². The van der Waals surface area contributed by atoms with Crippen molar-refractivity contribution in [3.63, 3.8) is 0 Å². The zero-order valence-corrected chi connectivity index (χ0v) is 18.9. The largest absolute Gasteiger partial charge is 0.482 e. The number of thiazole rings is 1. The Bertz CT molecular complexity index is 1220. The summed E-state index contributed by atoms with van der Waals surface area (Å²) in [7, 11) is 0. The smallest absolute Gasteiger partial charge is 0.262 e. The predicted molar refractivity (Wildman–Crippen MR) is 129 cm³/mol. The highest BCUT2D eigenvalue weighted by Gasteiger charge is 2.19. The minimum atomic E-state index is -0.138. The predicted octanol–water partition coefficient (Wildman–Crippen LogP) is 5.58. The fourth-order valence-electron chi connectivity index (χ4n) is 4.19. The molecule has 1 aliphatic heterocycles. The van der Waals surface area contributed by atoms with Crippen molar-refractivity contribution in [1.29, 1.82) is 0 Å². The van der Waals surface area contributed by atoms with Crippen molar-refractivity contribution in [2.75, 3.05) is 11.9 Å². The van der Waals surface area contributed by atoms with Crippen LogP contribution in [-0.4, -0.2) is 22.9 Å². The van der Waals surface area contributed by atoms with Gasteiger partial charge in [0.15, 0.2) is 6.61 Å². The first kappa shape index (κ1) is 20.7. The van der Waals surface area contributed by atoms with Crippen LogP contribution in [0.3, 0.4) is 0 Å². The van der Waals surface area contributed by atoms with E-state index in [-0.39, 0.29) is 12.5 Å². The maximum Gasteiger partial charge on any atom is 0.262 e. The number of hydrogen-bond acceptors (Lipinski definition) is 5. The van der Waals surface area contributed by atoms with E-state index < -0.39 is 0 Å². The minimum absolute atomic E-state index is 0.0529. The molecule has 164 valence electrons. The van der Waals surface area contributed by atoms with Gasteiger partial charge in [-0.05, 0) is 61.9 Å². The lowest BCUT2D eigenvalue weighted by molar-refractivity contribution is -0.118. The van der Waals surface area contributed by atoms with Gasteiger partial charge < -0.3 is 10.1 Å². The van der Waals surface area contributed by atoms with Crippen molar-refractivity contribution in [3.8, 4) is 17.0 Å². The van der Waals surface area contributed by atoms with Crippen LogP contribution < -0.4 is 14.9 Å². The van der Waals surface area contributed by atoms with Crippen LogP contribution in [0.5, 0.6) is 5.75 Å². The van der Waals surface area contributed by atoms with E-state index in [0.29, 0.717) is 11.4 Å². The molecule has 2 aromatic carbocycles. The zero-order chi connectivity index (χ0) is 21.9. The summed E-state index contributed by atoms with van der Waals surface area (Å²) < 4.78 is 7.49. The maximum absolute atomic E-state index is 11.8. The Morgan fingerprint density at radius 3 is 2.75 bits per heavy atom. The number of para-hydroxylation sites is 1. The fourth-order valence-corrected chi connectivity index (χ4v) is 5.04. The highest BCUT2D eigenvalue weighted by atomic mass is 32.1. The molecule has 6 nitrogen and oxygen atoms in total. The van der Waals surface area contributed by atoms with E-state index in [1.807, 2.05) is 53.2 Å². The van der Waals surface area contributed by atoms with Gasteiger partial charge in [-0.1, -0.05) is 31.5 Å². The van der Waals surface area contributed by atoms with Crippen LogP contribution in [0, 0.1) is 5.92 Å². The molecule has 0 unspecified atom stereocenters. The average Bonchev–Trinajstić information content (AvgIpc) is 3.21. The number of fused-ring (bicyclic) bond motifs is 1. The zero-order valence-electron chi connectivity index (χ0n) is 18.1. The van der Waals surface area contributed by atoms with Gasteiger partial charge in [0, 0.05) is 16.7 Å². The molecular formula is C25H26N4O2S. The van der Waals surface area contributed by atoms with Gasteiger partial charge >= 0.3 is 0 Å². The Morgan fingerprint density at radius 1 is 1.16 bits per heavy atom. The lowest BCUT2D eigenvalue weighted by Crippen LogP contribution is -2.25. The summed E-state index contributed by atoms with van der Waals surface area (Å²) in [5.74, 6) is 1.35. The summed E-state index contributed by atoms with van der Waals surface area (Å²) in [6, 6.07) is 15.8. The lowest BCUT2D eigenvalue weighted by Gasteiger charge is -2.22. The number of carbonyl (C=O) groups excluding carboxylic acids is 1. The van der Waals surface area contributed by atoms with E-state index in [1.54, 1.807) is 11.3 Å². The average molecular weight is 447 g/mol. The molecule has 2 heterocycles. The molecule has 0 radical (unpaired) electrons. The first-order valence-corrected chi connectivity index (χ1v) is 12.0. The van der Waals surface area contributed by atoms with Crippen LogP contribution >= 0.6 is 11.3 Å². The van der Waals surface area contributed by atoms with E-state index in [9.17, 15) is 4.79 Å². The number of amides is 1. The number of carbonyl (C=O) groups is 1. The standard InChI is InChI=1S/C25H26N4O2S/c1-2-17-8-11-20(12-9-17)28-29-22(16-32-25(29)26-19-6-4-3-5-7-19)18-10-13-23-21(14-18)27-24(30)15-31-23/h3-7,10,13-14,16-17H,2,8-9,11-12,15H2,1H3,(H,27,30). The summed E-state index contributed by atoms with van der Waals surface area (Å²) in [5, 5.41) is 10.1. The number of nitrogens with zero attached hydrogens (tertiary/aromatic N) is 3. The van der Waals surface area contributed by atoms with Gasteiger partial charge in [-0.25, -0.2) is 9.67 Å². The number of aromatic nitrogens is 1. The second-order valence-electron chi connectivity index (χ2n) is 8.23. The molecule has 32 heavy (non-hydrogen) atoms. The number of ether oxygens (including phenoxy) is 1. The van der Waals surface area contributed by atoms with Crippen molar-refractivity contribution in [1.82, 2.24) is 4.68 Å². The number of nitrogens with one attached hydrogen (secondary N) is 1. The van der Waals surface area contributed by atoms with E-state index >= 15 is 0 Å². The van der Waals surface area contributed by atoms with Crippen LogP contribution in [0.2, 0.25) is 0 Å². The second kappa shape index (κ2) is 9.12. The summed E-state index contributed by atoms with van der Waals surface area (Å²) in [5.41, 5.74) is 4.73. The molecular weight excluding hydrogens is 420 g/mol. The minimum Gasteiger partial charge on any atom is -0.482 e. The Kier molecular flexibility index (Phi) is 5.90. The Balaban J connectivity index is 1.58. The van der Waals surface area contributed by atoms with Gasteiger partial charge in [-0.3, -0.25) is 4.79 Å². The summed E-state index contributed by atoms with van der Waals surface area (Å²) in [6.07, 6.45) is 5.69. The molecule has 0 spiro atoms. The molecule has 1 aliphatic carbocycles. The number of benzene rings is 2. The Morgan fingerprint density at radius 2 is 1.97 bits per heavy atom. The molecule has 1 amide bonds. The lowest BCUT2D eigenvalue weighted by atomic mass is 9.86. The molecule has 1 aromatic heterocycles. The van der Waals surface area contributed by atoms with E-state index in [1.165, 1.54) is 25.0 Å². The Hall–Kier alpha value is -3.19.